The highest BCUT2D eigenvalue weighted by molar-refractivity contribution is 5.15. The lowest BCUT2D eigenvalue weighted by atomic mass is 9.83. The Morgan fingerprint density at radius 2 is 2.11 bits per heavy atom. The van der Waals surface area contributed by atoms with Crippen LogP contribution in [-0.4, -0.2) is 11.5 Å². The van der Waals surface area contributed by atoms with Crippen LogP contribution in [0, 0.1) is 17.8 Å². The van der Waals surface area contributed by atoms with Crippen LogP contribution in [0.1, 0.15) is 57.1 Å². The Morgan fingerprint density at radius 1 is 1.26 bits per heavy atom. The van der Waals surface area contributed by atoms with Gasteiger partial charge in [0.25, 0.3) is 0 Å². The standard InChI is InChI=1S/C17H26N2/c1-2-7-19-17(14-5-8-18-9-6-14)12-16-11-13-3-4-15(16)10-13/h5-6,8-9,13,15-17,19H,2-4,7,10-12H2,1H3. The van der Waals surface area contributed by atoms with Crippen LogP contribution >= 0.6 is 0 Å². The molecule has 4 atom stereocenters. The largest absolute Gasteiger partial charge is 0.310 e. The topological polar surface area (TPSA) is 24.9 Å². The third-order valence-electron chi connectivity index (χ3n) is 5.17. The molecule has 2 fully saturated rings. The normalized spacial score (nSPS) is 30.7. The second kappa shape index (κ2) is 6.04. The lowest BCUT2D eigenvalue weighted by molar-refractivity contribution is 0.279. The molecule has 0 radical (unpaired) electrons. The molecule has 104 valence electrons. The van der Waals surface area contributed by atoms with E-state index in [2.05, 4.69) is 29.4 Å². The van der Waals surface area contributed by atoms with Crippen molar-refractivity contribution >= 4 is 0 Å². The molecule has 1 aromatic heterocycles. The summed E-state index contributed by atoms with van der Waals surface area (Å²) >= 11 is 0. The number of hydrogen-bond acceptors (Lipinski definition) is 2. The minimum atomic E-state index is 0.535. The van der Waals surface area contributed by atoms with Gasteiger partial charge in [0.1, 0.15) is 0 Å². The molecule has 2 aliphatic carbocycles. The Balaban J connectivity index is 1.66. The van der Waals surface area contributed by atoms with Gasteiger partial charge in [-0.15, -0.1) is 0 Å². The molecule has 0 amide bonds. The minimum Gasteiger partial charge on any atom is -0.310 e. The molecule has 2 aliphatic rings. The van der Waals surface area contributed by atoms with Crippen molar-refractivity contribution in [2.24, 2.45) is 17.8 Å². The highest BCUT2D eigenvalue weighted by Crippen LogP contribution is 2.50. The average molecular weight is 258 g/mol. The van der Waals surface area contributed by atoms with E-state index in [1.807, 2.05) is 12.4 Å². The fourth-order valence-electron chi connectivity index (χ4n) is 4.22. The van der Waals surface area contributed by atoms with E-state index in [-0.39, 0.29) is 0 Å². The molecule has 2 bridgehead atoms. The fraction of sp³-hybridized carbons (Fsp3) is 0.706. The van der Waals surface area contributed by atoms with Gasteiger partial charge in [0, 0.05) is 18.4 Å². The Bertz CT molecular complexity index is 390. The van der Waals surface area contributed by atoms with Crippen LogP contribution < -0.4 is 5.32 Å². The summed E-state index contributed by atoms with van der Waals surface area (Å²) in [7, 11) is 0. The van der Waals surface area contributed by atoms with Gasteiger partial charge in [-0.1, -0.05) is 13.3 Å². The van der Waals surface area contributed by atoms with Crippen LogP contribution in [0.25, 0.3) is 0 Å². The van der Waals surface area contributed by atoms with Crippen LogP contribution in [0.5, 0.6) is 0 Å². The van der Waals surface area contributed by atoms with E-state index in [4.69, 9.17) is 0 Å². The predicted octanol–water partition coefficient (Wildman–Crippen LogP) is 3.95. The first-order chi connectivity index (χ1) is 9.36. The summed E-state index contributed by atoms with van der Waals surface area (Å²) in [6.45, 7) is 3.36. The number of fused-ring (bicyclic) bond motifs is 2. The van der Waals surface area contributed by atoms with E-state index in [9.17, 15) is 0 Å². The van der Waals surface area contributed by atoms with Gasteiger partial charge in [-0.2, -0.15) is 0 Å². The van der Waals surface area contributed by atoms with E-state index in [1.165, 1.54) is 44.1 Å². The first-order valence-electron chi connectivity index (χ1n) is 8.00. The van der Waals surface area contributed by atoms with Gasteiger partial charge < -0.3 is 5.32 Å². The zero-order valence-electron chi connectivity index (χ0n) is 12.0. The maximum atomic E-state index is 4.15. The van der Waals surface area contributed by atoms with E-state index < -0.39 is 0 Å². The van der Waals surface area contributed by atoms with Gasteiger partial charge >= 0.3 is 0 Å². The highest BCUT2D eigenvalue weighted by atomic mass is 14.9. The molecule has 19 heavy (non-hydrogen) atoms. The molecular formula is C17H26N2. The molecule has 2 saturated carbocycles. The summed E-state index contributed by atoms with van der Waals surface area (Å²) in [5.74, 6) is 3.04. The van der Waals surface area contributed by atoms with Gasteiger partial charge in [-0.3, -0.25) is 4.98 Å². The van der Waals surface area contributed by atoms with Crippen molar-refractivity contribution in [3.8, 4) is 0 Å². The van der Waals surface area contributed by atoms with Crippen molar-refractivity contribution in [2.75, 3.05) is 6.54 Å². The molecule has 0 saturated heterocycles. The third-order valence-corrected chi connectivity index (χ3v) is 5.17. The number of nitrogens with zero attached hydrogens (tertiary/aromatic N) is 1. The highest BCUT2D eigenvalue weighted by Gasteiger charge is 2.40. The zero-order chi connectivity index (χ0) is 13.1. The Kier molecular flexibility index (Phi) is 4.17. The van der Waals surface area contributed by atoms with Crippen LogP contribution in [0.2, 0.25) is 0 Å². The van der Waals surface area contributed by atoms with E-state index in [0.717, 1.165) is 24.3 Å². The maximum Gasteiger partial charge on any atom is 0.0324 e. The summed E-state index contributed by atoms with van der Waals surface area (Å²) in [6, 6.07) is 4.90. The smallest absolute Gasteiger partial charge is 0.0324 e. The van der Waals surface area contributed by atoms with Gasteiger partial charge in [0.15, 0.2) is 0 Å². The number of aromatic nitrogens is 1. The van der Waals surface area contributed by atoms with Crippen molar-refractivity contribution in [3.05, 3.63) is 30.1 Å². The van der Waals surface area contributed by atoms with Crippen molar-refractivity contribution in [1.29, 1.82) is 0 Å². The molecular weight excluding hydrogens is 232 g/mol. The van der Waals surface area contributed by atoms with Gasteiger partial charge in [0.2, 0.25) is 0 Å². The summed E-state index contributed by atoms with van der Waals surface area (Å²) < 4.78 is 0. The molecule has 2 heteroatoms. The third kappa shape index (κ3) is 3.00. The fourth-order valence-corrected chi connectivity index (χ4v) is 4.22. The monoisotopic (exact) mass is 258 g/mol. The number of rotatable bonds is 6. The molecule has 0 aromatic carbocycles. The summed E-state index contributed by atoms with van der Waals surface area (Å²) in [4.78, 5) is 4.15. The molecule has 2 nitrogen and oxygen atoms in total. The van der Waals surface area contributed by atoms with E-state index >= 15 is 0 Å². The summed E-state index contributed by atoms with van der Waals surface area (Å²) in [5, 5.41) is 3.74. The average Bonchev–Trinajstić information content (AvgIpc) is 3.07. The summed E-state index contributed by atoms with van der Waals surface area (Å²) in [5.41, 5.74) is 1.42. The van der Waals surface area contributed by atoms with Crippen molar-refractivity contribution in [3.63, 3.8) is 0 Å². The van der Waals surface area contributed by atoms with Gasteiger partial charge in [0.05, 0.1) is 0 Å². The Labute approximate surface area is 117 Å². The lowest BCUT2D eigenvalue weighted by Crippen LogP contribution is -2.26. The SMILES string of the molecule is CCCNC(CC1CC2CCC1C2)c1ccncc1. The molecule has 1 N–H and O–H groups in total. The Morgan fingerprint density at radius 3 is 2.74 bits per heavy atom. The molecule has 1 aromatic rings. The quantitative estimate of drug-likeness (QED) is 0.835. The van der Waals surface area contributed by atoms with E-state index in [1.54, 1.807) is 0 Å². The molecule has 0 aliphatic heterocycles. The van der Waals surface area contributed by atoms with Gasteiger partial charge in [-0.25, -0.2) is 0 Å². The first-order valence-corrected chi connectivity index (χ1v) is 8.00. The molecule has 3 rings (SSSR count). The van der Waals surface area contributed by atoms with Crippen LogP contribution in [0.3, 0.4) is 0 Å². The number of nitrogens with one attached hydrogen (secondary N) is 1. The second-order valence-electron chi connectivity index (χ2n) is 6.46. The predicted molar refractivity (Wildman–Crippen MR) is 78.8 cm³/mol. The van der Waals surface area contributed by atoms with Crippen LogP contribution in [0.15, 0.2) is 24.5 Å². The van der Waals surface area contributed by atoms with Crippen molar-refractivity contribution in [2.45, 2.75) is 51.5 Å². The zero-order valence-corrected chi connectivity index (χ0v) is 12.0. The Hall–Kier alpha value is -0.890. The molecule has 4 unspecified atom stereocenters. The minimum absolute atomic E-state index is 0.535. The van der Waals surface area contributed by atoms with Crippen molar-refractivity contribution < 1.29 is 0 Å². The molecule has 1 heterocycles. The van der Waals surface area contributed by atoms with Crippen LogP contribution in [-0.2, 0) is 0 Å². The summed E-state index contributed by atoms with van der Waals surface area (Å²) in [6.07, 6.45) is 12.4. The molecule has 0 spiro atoms. The van der Waals surface area contributed by atoms with Crippen LogP contribution in [0.4, 0.5) is 0 Å². The number of pyridine rings is 1. The maximum absolute atomic E-state index is 4.15. The van der Waals surface area contributed by atoms with Gasteiger partial charge in [-0.05, 0) is 74.1 Å². The first kappa shape index (κ1) is 13.1. The number of hydrogen-bond donors (Lipinski definition) is 1. The van der Waals surface area contributed by atoms with E-state index in [0.29, 0.717) is 6.04 Å². The van der Waals surface area contributed by atoms with Crippen molar-refractivity contribution in [1.82, 2.24) is 10.3 Å². The lowest BCUT2D eigenvalue weighted by Gasteiger charge is -2.27. The second-order valence-corrected chi connectivity index (χ2v) is 6.46.